The smallest absolute Gasteiger partial charge is 0.324 e. The summed E-state index contributed by atoms with van der Waals surface area (Å²) in [6.45, 7) is 8.99. The molecule has 0 radical (unpaired) electrons. The van der Waals surface area contributed by atoms with Crippen LogP contribution in [0.5, 0.6) is 11.8 Å². The van der Waals surface area contributed by atoms with Gasteiger partial charge in [-0.1, -0.05) is 30.8 Å². The Kier molecular flexibility index (Phi) is 8.63. The molecule has 1 aromatic heterocycles. The van der Waals surface area contributed by atoms with Crippen molar-refractivity contribution in [2.45, 2.75) is 64.0 Å². The highest BCUT2D eigenvalue weighted by Gasteiger charge is 2.33. The van der Waals surface area contributed by atoms with Crippen LogP contribution < -0.4 is 14.5 Å². The Morgan fingerprint density at radius 3 is 2.61 bits per heavy atom. The number of likely N-dealkylation sites (N-methyl/N-ethyl adjacent to an activating group) is 1. The third-order valence-corrected chi connectivity index (χ3v) is 10.2. The zero-order valence-electron chi connectivity index (χ0n) is 26.9. The minimum Gasteiger partial charge on any atom is -0.424 e. The lowest BCUT2D eigenvalue weighted by Gasteiger charge is -2.41. The van der Waals surface area contributed by atoms with Gasteiger partial charge < -0.3 is 24.3 Å². The van der Waals surface area contributed by atoms with Crippen molar-refractivity contribution in [1.29, 1.82) is 5.26 Å². The normalized spacial score (nSPS) is 19.7. The molecule has 1 aliphatic carbocycles. The number of fused-ring (bicyclic) bond motifs is 3. The summed E-state index contributed by atoms with van der Waals surface area (Å²) in [5.41, 5.74) is 9.06. The van der Waals surface area contributed by atoms with Crippen molar-refractivity contribution in [3.63, 3.8) is 0 Å². The molecule has 2 aromatic carbocycles. The van der Waals surface area contributed by atoms with Gasteiger partial charge in [-0.05, 0) is 80.5 Å². The van der Waals surface area contributed by atoms with Gasteiger partial charge in [-0.3, -0.25) is 4.79 Å². The Bertz CT molecular complexity index is 1680. The van der Waals surface area contributed by atoms with Crippen LogP contribution in [-0.4, -0.2) is 78.0 Å². The minimum atomic E-state index is -0.240. The van der Waals surface area contributed by atoms with E-state index in [-0.39, 0.29) is 18.4 Å². The molecule has 7 rings (SSSR count). The van der Waals surface area contributed by atoms with Crippen LogP contribution in [0, 0.1) is 11.3 Å². The van der Waals surface area contributed by atoms with Crippen LogP contribution in [0.4, 0.5) is 11.5 Å². The number of hydrogen-bond donors (Lipinski definition) is 0. The molecule has 9 nitrogen and oxygen atoms in total. The van der Waals surface area contributed by atoms with E-state index in [4.69, 9.17) is 14.7 Å². The van der Waals surface area contributed by atoms with Gasteiger partial charge in [0.25, 0.3) is 0 Å². The molecule has 1 amide bonds. The first-order chi connectivity index (χ1) is 22.5. The molecular formula is C37H43N7O2. The van der Waals surface area contributed by atoms with Gasteiger partial charge in [0, 0.05) is 69.0 Å². The second kappa shape index (κ2) is 13.1. The number of aromatic nitrogens is 2. The van der Waals surface area contributed by atoms with Crippen molar-refractivity contribution in [3.05, 3.63) is 82.6 Å². The molecule has 46 heavy (non-hydrogen) atoms. The van der Waals surface area contributed by atoms with Gasteiger partial charge >= 0.3 is 6.01 Å². The SMILES string of the molecule is C=CC(=O)N1CCN(c2nc(Oc3cccc4c3CCN(C)C4)nc3c2CCN(c2cccc4c2CCCC4)CC3)C[C@@H]1CC#N. The Morgan fingerprint density at radius 2 is 1.74 bits per heavy atom. The number of hydrogen-bond acceptors (Lipinski definition) is 8. The number of piperazine rings is 1. The Hall–Kier alpha value is -4.42. The van der Waals surface area contributed by atoms with Crippen molar-refractivity contribution >= 4 is 17.4 Å². The van der Waals surface area contributed by atoms with Crippen LogP contribution in [0.25, 0.3) is 0 Å². The lowest BCUT2D eigenvalue weighted by molar-refractivity contribution is -0.128. The zero-order chi connectivity index (χ0) is 31.6. The summed E-state index contributed by atoms with van der Waals surface area (Å²) in [7, 11) is 2.15. The number of nitriles is 1. The van der Waals surface area contributed by atoms with Gasteiger partial charge in [-0.2, -0.15) is 15.2 Å². The van der Waals surface area contributed by atoms with Gasteiger partial charge in [0.1, 0.15) is 11.6 Å². The van der Waals surface area contributed by atoms with Gasteiger partial charge in [0.05, 0.1) is 24.2 Å². The van der Waals surface area contributed by atoms with Crippen LogP contribution in [0.15, 0.2) is 49.1 Å². The van der Waals surface area contributed by atoms with Crippen LogP contribution in [-0.2, 0) is 43.4 Å². The topological polar surface area (TPSA) is 88.8 Å². The van der Waals surface area contributed by atoms with E-state index in [0.717, 1.165) is 81.1 Å². The summed E-state index contributed by atoms with van der Waals surface area (Å²) >= 11 is 0. The largest absolute Gasteiger partial charge is 0.424 e. The standard InChI is InChI=1S/C37H43N7O2/c1-3-35(45)44-23-22-43(25-28(44)14-18-38)36-31-16-20-42(33-12-6-9-26-8-4-5-11-29(26)33)21-17-32(31)39-37(40-36)46-34-13-7-10-27-24-41(2)19-15-30(27)34/h3,6-7,9-10,12-13,28H,1,4-5,8,11,14-17,19-25H2,2H3/t28-/m0/s1. The van der Waals surface area contributed by atoms with Crippen molar-refractivity contribution in [2.24, 2.45) is 0 Å². The van der Waals surface area contributed by atoms with Gasteiger partial charge in [0.2, 0.25) is 5.91 Å². The molecule has 4 heterocycles. The fourth-order valence-corrected chi connectivity index (χ4v) is 7.81. The fourth-order valence-electron chi connectivity index (χ4n) is 7.81. The second-order valence-corrected chi connectivity index (χ2v) is 13.0. The number of carbonyl (C=O) groups is 1. The highest BCUT2D eigenvalue weighted by Crippen LogP contribution is 2.36. The van der Waals surface area contributed by atoms with Crippen molar-refractivity contribution < 1.29 is 9.53 Å². The van der Waals surface area contributed by atoms with Gasteiger partial charge in [-0.25, -0.2) is 0 Å². The maximum atomic E-state index is 12.7. The Morgan fingerprint density at radius 1 is 0.935 bits per heavy atom. The van der Waals surface area contributed by atoms with Crippen molar-refractivity contribution in [1.82, 2.24) is 19.8 Å². The molecule has 0 bridgehead atoms. The second-order valence-electron chi connectivity index (χ2n) is 13.0. The van der Waals surface area contributed by atoms with Crippen LogP contribution >= 0.6 is 0 Å². The average molecular weight is 618 g/mol. The van der Waals surface area contributed by atoms with Crippen molar-refractivity contribution in [2.75, 3.05) is 56.1 Å². The maximum absolute atomic E-state index is 12.7. The third kappa shape index (κ3) is 5.94. The molecule has 0 spiro atoms. The van der Waals surface area contributed by atoms with E-state index in [1.54, 1.807) is 4.90 Å². The highest BCUT2D eigenvalue weighted by molar-refractivity contribution is 5.87. The van der Waals surface area contributed by atoms with Crippen LogP contribution in [0.2, 0.25) is 0 Å². The molecule has 1 atom stereocenters. The van der Waals surface area contributed by atoms with E-state index in [0.29, 0.717) is 25.6 Å². The molecular weight excluding hydrogens is 574 g/mol. The number of nitrogens with zero attached hydrogens (tertiary/aromatic N) is 7. The monoisotopic (exact) mass is 617 g/mol. The molecule has 0 N–H and O–H groups in total. The quantitative estimate of drug-likeness (QED) is 0.363. The van der Waals surface area contributed by atoms with Gasteiger partial charge in [0.15, 0.2) is 0 Å². The minimum absolute atomic E-state index is 0.133. The molecule has 4 aliphatic rings. The van der Waals surface area contributed by atoms with E-state index >= 15 is 0 Å². The summed E-state index contributed by atoms with van der Waals surface area (Å²) < 4.78 is 6.58. The number of aryl methyl sites for hydroxylation is 1. The number of ether oxygens (including phenoxy) is 1. The number of benzene rings is 2. The third-order valence-electron chi connectivity index (χ3n) is 10.2. The first-order valence-electron chi connectivity index (χ1n) is 16.8. The molecule has 9 heteroatoms. The number of carbonyl (C=O) groups excluding carboxylic acids is 1. The van der Waals surface area contributed by atoms with Crippen LogP contribution in [0.3, 0.4) is 0 Å². The Balaban J connectivity index is 1.24. The Labute approximate surface area is 272 Å². The highest BCUT2D eigenvalue weighted by atomic mass is 16.5. The average Bonchev–Trinajstić information content (AvgIpc) is 3.30. The molecule has 3 aliphatic heterocycles. The molecule has 3 aromatic rings. The van der Waals surface area contributed by atoms with E-state index in [2.05, 4.69) is 64.7 Å². The molecule has 238 valence electrons. The zero-order valence-corrected chi connectivity index (χ0v) is 26.9. The van der Waals surface area contributed by atoms with Gasteiger partial charge in [-0.15, -0.1) is 0 Å². The summed E-state index contributed by atoms with van der Waals surface area (Å²) in [5, 5.41) is 9.63. The molecule has 0 unspecified atom stereocenters. The first kappa shape index (κ1) is 30.2. The number of rotatable bonds is 6. The predicted octanol–water partition coefficient (Wildman–Crippen LogP) is 4.86. The summed E-state index contributed by atoms with van der Waals surface area (Å²) in [5.74, 6) is 1.56. The summed E-state index contributed by atoms with van der Waals surface area (Å²) in [6, 6.07) is 15.5. The van der Waals surface area contributed by atoms with Crippen LogP contribution in [0.1, 0.15) is 52.8 Å². The lowest BCUT2D eigenvalue weighted by atomic mass is 9.90. The summed E-state index contributed by atoms with van der Waals surface area (Å²) in [6.07, 6.45) is 8.95. The first-order valence-corrected chi connectivity index (χ1v) is 16.8. The predicted molar refractivity (Wildman–Crippen MR) is 179 cm³/mol. The number of anilines is 2. The van der Waals surface area contributed by atoms with E-state index in [1.165, 1.54) is 46.9 Å². The lowest BCUT2D eigenvalue weighted by Crippen LogP contribution is -2.55. The molecule has 0 saturated carbocycles. The van der Waals surface area contributed by atoms with Crippen molar-refractivity contribution in [3.8, 4) is 17.8 Å². The fraction of sp³-hybridized carbons (Fsp3) is 0.459. The van der Waals surface area contributed by atoms with E-state index < -0.39 is 0 Å². The summed E-state index contributed by atoms with van der Waals surface area (Å²) in [4.78, 5) is 31.8. The van der Waals surface area contributed by atoms with E-state index in [1.807, 2.05) is 6.07 Å². The molecule has 1 saturated heterocycles. The maximum Gasteiger partial charge on any atom is 0.324 e. The van der Waals surface area contributed by atoms with E-state index in [9.17, 15) is 10.1 Å². The number of amides is 1. The molecule has 1 fully saturated rings.